The molecule has 0 aromatic heterocycles. The number of nitrogens with one attached hydrogen (secondary N) is 1. The molecule has 33 heavy (non-hydrogen) atoms. The highest BCUT2D eigenvalue weighted by Gasteiger charge is 2.67. The fraction of sp³-hybridized carbons (Fsp3) is 0.346. The topological polar surface area (TPSA) is 84.9 Å². The van der Waals surface area contributed by atoms with Gasteiger partial charge in [0, 0.05) is 11.6 Å². The van der Waals surface area contributed by atoms with Crippen molar-refractivity contribution in [2.75, 3.05) is 24.4 Å². The van der Waals surface area contributed by atoms with Gasteiger partial charge in [0.25, 0.3) is 5.91 Å². The van der Waals surface area contributed by atoms with Crippen molar-refractivity contribution in [1.82, 2.24) is 0 Å². The van der Waals surface area contributed by atoms with Crippen molar-refractivity contribution in [3.63, 3.8) is 0 Å². The smallest absolute Gasteiger partial charge is 0.255 e. The molecule has 1 saturated heterocycles. The van der Waals surface area contributed by atoms with Gasteiger partial charge >= 0.3 is 0 Å². The summed E-state index contributed by atoms with van der Waals surface area (Å²) in [4.78, 5) is 41.1. The molecule has 7 rings (SSSR count). The number of benzene rings is 2. The van der Waals surface area contributed by atoms with E-state index in [-0.39, 0.29) is 41.4 Å². The van der Waals surface area contributed by atoms with Crippen LogP contribution in [0.15, 0.2) is 54.6 Å². The van der Waals surface area contributed by atoms with Gasteiger partial charge in [-0.15, -0.1) is 0 Å². The van der Waals surface area contributed by atoms with Crippen LogP contribution in [-0.4, -0.2) is 31.9 Å². The molecule has 1 N–H and O–H groups in total. The highest BCUT2D eigenvalue weighted by atomic mass is 16.5. The summed E-state index contributed by atoms with van der Waals surface area (Å²) in [6.45, 7) is 0. The van der Waals surface area contributed by atoms with E-state index in [0.29, 0.717) is 40.3 Å². The van der Waals surface area contributed by atoms with Crippen LogP contribution in [0, 0.1) is 35.5 Å². The average Bonchev–Trinajstić information content (AvgIpc) is 3.62. The van der Waals surface area contributed by atoms with Gasteiger partial charge in [-0.25, -0.2) is 4.90 Å². The second-order valence-electron chi connectivity index (χ2n) is 9.24. The van der Waals surface area contributed by atoms with Crippen LogP contribution >= 0.6 is 0 Å². The van der Waals surface area contributed by atoms with E-state index in [9.17, 15) is 14.4 Å². The Morgan fingerprint density at radius 2 is 1.64 bits per heavy atom. The molecule has 2 bridgehead atoms. The Kier molecular flexibility index (Phi) is 4.37. The predicted molar refractivity (Wildman–Crippen MR) is 121 cm³/mol. The molecule has 2 aromatic rings. The summed E-state index contributed by atoms with van der Waals surface area (Å²) in [5.41, 5.74) is 1.25. The molecule has 3 amide bonds. The minimum Gasteiger partial charge on any atom is -0.497 e. The second kappa shape index (κ2) is 7.20. The summed E-state index contributed by atoms with van der Waals surface area (Å²) in [6.07, 6.45) is 5.43. The Morgan fingerprint density at radius 3 is 2.27 bits per heavy atom. The number of allylic oxidation sites excluding steroid dienone is 2. The van der Waals surface area contributed by atoms with Gasteiger partial charge in [-0.3, -0.25) is 14.4 Å². The number of ether oxygens (including phenoxy) is 2. The Bertz CT molecular complexity index is 1180. The lowest BCUT2D eigenvalue weighted by Gasteiger charge is -2.37. The first kappa shape index (κ1) is 20.0. The molecule has 168 valence electrons. The van der Waals surface area contributed by atoms with Gasteiger partial charge in [-0.1, -0.05) is 18.2 Å². The Balaban J connectivity index is 1.28. The summed E-state index contributed by atoms with van der Waals surface area (Å²) in [5, 5.41) is 2.84. The summed E-state index contributed by atoms with van der Waals surface area (Å²) in [5.74, 6) is 1.32. The first-order chi connectivity index (χ1) is 16.0. The number of anilines is 2. The molecule has 2 aromatic carbocycles. The fourth-order valence-corrected chi connectivity index (χ4v) is 6.10. The number of amides is 3. The third kappa shape index (κ3) is 2.91. The minimum atomic E-state index is -0.372. The van der Waals surface area contributed by atoms with Crippen LogP contribution in [0.2, 0.25) is 0 Å². The van der Waals surface area contributed by atoms with Gasteiger partial charge < -0.3 is 14.8 Å². The van der Waals surface area contributed by atoms with Crippen LogP contribution in [0.25, 0.3) is 0 Å². The lowest BCUT2D eigenvalue weighted by atomic mass is 9.63. The Labute approximate surface area is 191 Å². The van der Waals surface area contributed by atoms with Crippen molar-refractivity contribution in [1.29, 1.82) is 0 Å². The SMILES string of the molecule is COc1ccc(OC)c(NC(=O)c2cccc(N3C(=O)[C@@H]4[C@H]5C=C[C@@H]([C@@H]6C[C@@H]56)[C@@H]4C3=O)c2)c1. The molecule has 1 heterocycles. The second-order valence-corrected chi connectivity index (χ2v) is 9.24. The molecule has 2 saturated carbocycles. The zero-order chi connectivity index (χ0) is 22.9. The fourth-order valence-electron chi connectivity index (χ4n) is 6.10. The summed E-state index contributed by atoms with van der Waals surface area (Å²) >= 11 is 0. The number of methoxy groups -OCH3 is 2. The van der Waals surface area contributed by atoms with Crippen LogP contribution in [-0.2, 0) is 9.59 Å². The zero-order valence-corrected chi connectivity index (χ0v) is 18.4. The maximum atomic E-state index is 13.4. The average molecular weight is 444 g/mol. The van der Waals surface area contributed by atoms with Crippen LogP contribution in [0.4, 0.5) is 11.4 Å². The van der Waals surface area contributed by atoms with Gasteiger partial charge in [-0.05, 0) is 60.4 Å². The number of hydrogen-bond donors (Lipinski definition) is 1. The number of carbonyl (C=O) groups is 3. The van der Waals surface area contributed by atoms with Gasteiger partial charge in [-0.2, -0.15) is 0 Å². The zero-order valence-electron chi connectivity index (χ0n) is 18.4. The molecular weight excluding hydrogens is 420 g/mol. The van der Waals surface area contributed by atoms with E-state index < -0.39 is 0 Å². The van der Waals surface area contributed by atoms with Crippen LogP contribution in [0.5, 0.6) is 11.5 Å². The summed E-state index contributed by atoms with van der Waals surface area (Å²) in [6, 6.07) is 11.8. The lowest BCUT2D eigenvalue weighted by Crippen LogP contribution is -2.40. The molecule has 3 fully saturated rings. The first-order valence-corrected chi connectivity index (χ1v) is 11.2. The van der Waals surface area contributed by atoms with E-state index in [2.05, 4.69) is 17.5 Å². The first-order valence-electron chi connectivity index (χ1n) is 11.2. The predicted octanol–water partition coefficient (Wildman–Crippen LogP) is 3.51. The Morgan fingerprint density at radius 1 is 0.939 bits per heavy atom. The van der Waals surface area contributed by atoms with Crippen molar-refractivity contribution >= 4 is 29.1 Å². The van der Waals surface area contributed by atoms with E-state index in [1.54, 1.807) is 49.6 Å². The quantitative estimate of drug-likeness (QED) is 0.564. The van der Waals surface area contributed by atoms with Crippen molar-refractivity contribution in [2.24, 2.45) is 35.5 Å². The standard InChI is InChI=1S/C26H24N2O5/c1-32-15-6-9-21(33-2)20(11-15)27-24(29)13-4-3-5-14(10-13)28-25(30)22-16-7-8-17(19-12-18(16)19)23(22)26(28)31/h3-11,16-19,22-23H,12H2,1-2H3,(H,27,29)/t16-,17-,18-,19-,22-,23+/m0/s1. The maximum absolute atomic E-state index is 13.4. The number of nitrogens with zero attached hydrogens (tertiary/aromatic N) is 1. The van der Waals surface area contributed by atoms with Crippen molar-refractivity contribution in [3.05, 3.63) is 60.2 Å². The van der Waals surface area contributed by atoms with Crippen molar-refractivity contribution in [2.45, 2.75) is 6.42 Å². The molecular formula is C26H24N2O5. The van der Waals surface area contributed by atoms with E-state index >= 15 is 0 Å². The van der Waals surface area contributed by atoms with E-state index in [1.807, 2.05) is 0 Å². The normalized spacial score (nSPS) is 30.7. The number of rotatable bonds is 5. The van der Waals surface area contributed by atoms with E-state index in [0.717, 1.165) is 6.42 Å². The minimum absolute atomic E-state index is 0.137. The van der Waals surface area contributed by atoms with E-state index in [4.69, 9.17) is 9.47 Å². The van der Waals surface area contributed by atoms with Crippen LogP contribution < -0.4 is 19.7 Å². The van der Waals surface area contributed by atoms with Crippen molar-refractivity contribution < 1.29 is 23.9 Å². The van der Waals surface area contributed by atoms with Crippen molar-refractivity contribution in [3.8, 4) is 11.5 Å². The summed E-state index contributed by atoms with van der Waals surface area (Å²) < 4.78 is 10.6. The molecule has 5 aliphatic rings. The number of imide groups is 1. The largest absolute Gasteiger partial charge is 0.497 e. The van der Waals surface area contributed by atoms with Crippen LogP contribution in [0.1, 0.15) is 16.8 Å². The van der Waals surface area contributed by atoms with Gasteiger partial charge in [0.05, 0.1) is 37.4 Å². The molecule has 1 aliphatic heterocycles. The monoisotopic (exact) mass is 444 g/mol. The lowest BCUT2D eigenvalue weighted by molar-refractivity contribution is -0.124. The molecule has 6 atom stereocenters. The molecule has 0 unspecified atom stereocenters. The van der Waals surface area contributed by atoms with E-state index in [1.165, 1.54) is 12.0 Å². The molecule has 0 spiro atoms. The molecule has 7 heteroatoms. The van der Waals surface area contributed by atoms with Gasteiger partial charge in [0.15, 0.2) is 0 Å². The highest BCUT2D eigenvalue weighted by Crippen LogP contribution is 2.65. The van der Waals surface area contributed by atoms with Gasteiger partial charge in [0.2, 0.25) is 11.8 Å². The number of hydrogen-bond acceptors (Lipinski definition) is 5. The molecule has 0 radical (unpaired) electrons. The number of carbonyl (C=O) groups excluding carboxylic acids is 3. The molecule has 4 aliphatic carbocycles. The Hall–Kier alpha value is -3.61. The van der Waals surface area contributed by atoms with Gasteiger partial charge in [0.1, 0.15) is 11.5 Å². The van der Waals surface area contributed by atoms with Crippen LogP contribution in [0.3, 0.4) is 0 Å². The molecule has 7 nitrogen and oxygen atoms in total. The third-order valence-corrected chi connectivity index (χ3v) is 7.68. The third-order valence-electron chi connectivity index (χ3n) is 7.68. The summed E-state index contributed by atoms with van der Waals surface area (Å²) in [7, 11) is 3.07. The maximum Gasteiger partial charge on any atom is 0.255 e. The highest BCUT2D eigenvalue weighted by molar-refractivity contribution is 6.23.